The third kappa shape index (κ3) is 47.0. The molecule has 0 aromatic heterocycles. The zero-order chi connectivity index (χ0) is 45.0. The van der Waals surface area contributed by atoms with Crippen LogP contribution in [0.25, 0.3) is 0 Å². The van der Waals surface area contributed by atoms with Crippen LogP contribution < -0.4 is 0 Å². The molecule has 0 amide bonds. The summed E-state index contributed by atoms with van der Waals surface area (Å²) in [7, 11) is 1.43. The SMILES string of the molecule is CCCCCCCC/C=C\CCCCCCCCCCCC(=O)O[C@H](COC(=O)CCC/C=C\C/C=C\C/C=C\C/C=C\CCCCCO)COP(=O)(O)OCC[N+](C)(C)C. The van der Waals surface area contributed by atoms with E-state index < -0.39 is 32.5 Å². The van der Waals surface area contributed by atoms with E-state index in [1.807, 2.05) is 27.2 Å². The summed E-state index contributed by atoms with van der Waals surface area (Å²) in [4.78, 5) is 35.4. The summed E-state index contributed by atoms with van der Waals surface area (Å²) in [6.07, 6.45) is 50.0. The fourth-order valence-corrected chi connectivity index (χ4v) is 7.02. The maximum atomic E-state index is 12.7. The molecule has 1 unspecified atom stereocenters. The van der Waals surface area contributed by atoms with E-state index in [4.69, 9.17) is 23.6 Å². The Hall–Kier alpha value is -2.33. The van der Waals surface area contributed by atoms with E-state index in [1.54, 1.807) is 0 Å². The van der Waals surface area contributed by atoms with Gasteiger partial charge in [0.25, 0.3) is 0 Å². The number of aliphatic hydroxyl groups is 1. The molecule has 0 spiro atoms. The quantitative estimate of drug-likeness (QED) is 0.0202. The molecule has 354 valence electrons. The lowest BCUT2D eigenvalue weighted by molar-refractivity contribution is -0.870. The third-order valence-electron chi connectivity index (χ3n) is 10.1. The minimum absolute atomic E-state index is 0.0163. The highest BCUT2D eigenvalue weighted by molar-refractivity contribution is 7.47. The molecule has 0 aliphatic carbocycles. The smallest absolute Gasteiger partial charge is 0.462 e. The number of carbonyl (C=O) groups excluding carboxylic acids is 2. The standard InChI is InChI=1S/C50H90NO9P/c1-5-6-7-8-9-10-11-12-13-14-15-17-21-24-27-30-33-36-39-42-50(54)60-48(47-59-61(55,56)58-45-43-51(2,3)4)46-57-49(53)41-38-35-32-29-26-23-20-18-16-19-22-25-28-31-34-37-40-44-52/h12-13,16,19-20,23,25,28-29,32,48,52H,5-11,14-15,17-18,21-22,24,26-27,30-31,33-47H2,1-4H3/p+1/b13-12-,19-16-,23-20-,28-25-,32-29-/t48-/m1/s1. The molecule has 2 atom stereocenters. The minimum atomic E-state index is -4.40. The molecular formula is C50H91NO9P+. The highest BCUT2D eigenvalue weighted by atomic mass is 31.2. The molecule has 0 saturated carbocycles. The van der Waals surface area contributed by atoms with Crippen LogP contribution in [0.4, 0.5) is 0 Å². The second kappa shape index (κ2) is 42.9. The predicted octanol–water partition coefficient (Wildman–Crippen LogP) is 13.0. The van der Waals surface area contributed by atoms with Crippen molar-refractivity contribution in [3.8, 4) is 0 Å². The summed E-state index contributed by atoms with van der Waals surface area (Å²) >= 11 is 0. The fourth-order valence-electron chi connectivity index (χ4n) is 6.27. The molecule has 0 aromatic carbocycles. The Kier molecular flexibility index (Phi) is 41.3. The number of ether oxygens (including phenoxy) is 2. The summed E-state index contributed by atoms with van der Waals surface area (Å²) in [5, 5.41) is 8.81. The number of likely N-dealkylation sites (N-methyl/N-ethyl adjacent to an activating group) is 1. The van der Waals surface area contributed by atoms with Gasteiger partial charge in [0, 0.05) is 19.4 Å². The lowest BCUT2D eigenvalue weighted by Crippen LogP contribution is -2.37. The first-order valence-electron chi connectivity index (χ1n) is 24.1. The zero-order valence-electron chi connectivity index (χ0n) is 39.3. The maximum Gasteiger partial charge on any atom is 0.472 e. The first kappa shape index (κ1) is 58.7. The average Bonchev–Trinajstić information content (AvgIpc) is 3.21. The summed E-state index contributed by atoms with van der Waals surface area (Å²) in [6, 6.07) is 0. The van der Waals surface area contributed by atoms with Crippen molar-refractivity contribution in [2.75, 3.05) is 54.1 Å². The van der Waals surface area contributed by atoms with Crippen LogP contribution in [0.5, 0.6) is 0 Å². The molecule has 0 aliphatic rings. The number of phosphoric ester groups is 1. The Morgan fingerprint density at radius 1 is 0.541 bits per heavy atom. The van der Waals surface area contributed by atoms with Crippen molar-refractivity contribution in [1.82, 2.24) is 0 Å². The summed E-state index contributed by atoms with van der Waals surface area (Å²) in [6.45, 7) is 2.36. The number of aliphatic hydroxyl groups excluding tert-OH is 1. The van der Waals surface area contributed by atoms with Crippen LogP contribution >= 0.6 is 7.82 Å². The van der Waals surface area contributed by atoms with Gasteiger partial charge in [-0.25, -0.2) is 4.57 Å². The van der Waals surface area contributed by atoms with Crippen molar-refractivity contribution in [2.45, 2.75) is 193 Å². The van der Waals surface area contributed by atoms with Crippen LogP contribution in [0, 0.1) is 0 Å². The maximum absolute atomic E-state index is 12.7. The molecule has 11 heteroatoms. The molecule has 2 N–H and O–H groups in total. The van der Waals surface area contributed by atoms with Crippen molar-refractivity contribution in [2.24, 2.45) is 0 Å². The molecule has 0 aromatic rings. The van der Waals surface area contributed by atoms with E-state index in [-0.39, 0.29) is 32.7 Å². The number of hydrogen-bond donors (Lipinski definition) is 2. The minimum Gasteiger partial charge on any atom is -0.462 e. The normalized spacial score (nSPS) is 14.0. The van der Waals surface area contributed by atoms with Crippen molar-refractivity contribution >= 4 is 19.8 Å². The Bertz CT molecular complexity index is 1220. The summed E-state index contributed by atoms with van der Waals surface area (Å²) in [5.41, 5.74) is 0. The largest absolute Gasteiger partial charge is 0.472 e. The molecule has 0 heterocycles. The molecular weight excluding hydrogens is 790 g/mol. The van der Waals surface area contributed by atoms with Gasteiger partial charge < -0.3 is 24.0 Å². The lowest BCUT2D eigenvalue weighted by atomic mass is 10.1. The second-order valence-electron chi connectivity index (χ2n) is 17.2. The molecule has 0 bridgehead atoms. The highest BCUT2D eigenvalue weighted by Gasteiger charge is 2.27. The van der Waals surface area contributed by atoms with Gasteiger partial charge in [-0.2, -0.15) is 0 Å². The van der Waals surface area contributed by atoms with Crippen molar-refractivity contribution < 1.29 is 47.2 Å². The van der Waals surface area contributed by atoms with Gasteiger partial charge in [0.2, 0.25) is 0 Å². The number of carbonyl (C=O) groups is 2. The Morgan fingerprint density at radius 3 is 1.48 bits per heavy atom. The van der Waals surface area contributed by atoms with Crippen LogP contribution in [-0.2, 0) is 32.7 Å². The molecule has 0 saturated heterocycles. The van der Waals surface area contributed by atoms with Crippen LogP contribution in [0.15, 0.2) is 60.8 Å². The summed E-state index contributed by atoms with van der Waals surface area (Å²) in [5.74, 6) is -0.881. The van der Waals surface area contributed by atoms with E-state index in [1.165, 1.54) is 83.5 Å². The van der Waals surface area contributed by atoms with Crippen molar-refractivity contribution in [3.05, 3.63) is 60.8 Å². The van der Waals surface area contributed by atoms with E-state index in [2.05, 4.69) is 61.6 Å². The molecule has 0 radical (unpaired) electrons. The fraction of sp³-hybridized carbons (Fsp3) is 0.760. The monoisotopic (exact) mass is 881 g/mol. The van der Waals surface area contributed by atoms with Crippen LogP contribution in [0.3, 0.4) is 0 Å². The molecule has 0 rings (SSSR count). The number of quaternary nitrogens is 1. The van der Waals surface area contributed by atoms with Crippen molar-refractivity contribution in [3.63, 3.8) is 0 Å². The Morgan fingerprint density at radius 2 is 0.967 bits per heavy atom. The highest BCUT2D eigenvalue weighted by Crippen LogP contribution is 2.43. The van der Waals surface area contributed by atoms with Gasteiger partial charge in [-0.3, -0.25) is 18.6 Å². The van der Waals surface area contributed by atoms with Gasteiger partial charge in [0.15, 0.2) is 6.10 Å². The van der Waals surface area contributed by atoms with Crippen LogP contribution in [0.1, 0.15) is 187 Å². The van der Waals surface area contributed by atoms with Gasteiger partial charge in [0.1, 0.15) is 19.8 Å². The summed E-state index contributed by atoms with van der Waals surface area (Å²) < 4.78 is 34.3. The number of unbranched alkanes of at least 4 members (excludes halogenated alkanes) is 19. The van der Waals surface area contributed by atoms with Gasteiger partial charge in [-0.15, -0.1) is 0 Å². The molecule has 10 nitrogen and oxygen atoms in total. The number of esters is 2. The van der Waals surface area contributed by atoms with Gasteiger partial charge >= 0.3 is 19.8 Å². The number of rotatable bonds is 44. The zero-order valence-corrected chi connectivity index (χ0v) is 40.2. The number of hydrogen-bond acceptors (Lipinski definition) is 8. The van der Waals surface area contributed by atoms with Crippen LogP contribution in [0.2, 0.25) is 0 Å². The lowest BCUT2D eigenvalue weighted by Gasteiger charge is -2.24. The number of phosphoric acid groups is 1. The Labute approximate surface area is 373 Å². The second-order valence-corrected chi connectivity index (χ2v) is 18.7. The third-order valence-corrected chi connectivity index (χ3v) is 11.1. The topological polar surface area (TPSA) is 129 Å². The predicted molar refractivity (Wildman–Crippen MR) is 253 cm³/mol. The number of allylic oxidation sites excluding steroid dienone is 10. The Balaban J connectivity index is 4.38. The van der Waals surface area contributed by atoms with Crippen LogP contribution in [-0.4, -0.2) is 86.6 Å². The number of nitrogens with zero attached hydrogens (tertiary/aromatic N) is 1. The van der Waals surface area contributed by atoms with E-state index in [0.29, 0.717) is 23.9 Å². The van der Waals surface area contributed by atoms with E-state index >= 15 is 0 Å². The van der Waals surface area contributed by atoms with E-state index in [0.717, 1.165) is 70.6 Å². The first-order valence-corrected chi connectivity index (χ1v) is 25.6. The van der Waals surface area contributed by atoms with E-state index in [9.17, 15) is 19.0 Å². The molecule has 61 heavy (non-hydrogen) atoms. The first-order chi connectivity index (χ1) is 29.5. The van der Waals surface area contributed by atoms with Gasteiger partial charge in [0.05, 0.1) is 27.7 Å². The molecule has 0 fully saturated rings. The average molecular weight is 881 g/mol. The van der Waals surface area contributed by atoms with Gasteiger partial charge in [-0.1, -0.05) is 151 Å². The van der Waals surface area contributed by atoms with Crippen molar-refractivity contribution in [1.29, 1.82) is 0 Å². The van der Waals surface area contributed by atoms with Gasteiger partial charge in [-0.05, 0) is 83.5 Å². The molecule has 0 aliphatic heterocycles.